The molecule has 0 saturated carbocycles. The van der Waals surface area contributed by atoms with E-state index in [1.54, 1.807) is 0 Å². The Morgan fingerprint density at radius 3 is 2.30 bits per heavy atom. The highest BCUT2D eigenvalue weighted by Crippen LogP contribution is 2.26. The van der Waals surface area contributed by atoms with Crippen LogP contribution in [0.5, 0.6) is 5.75 Å². The summed E-state index contributed by atoms with van der Waals surface area (Å²) in [7, 11) is -3.61. The van der Waals surface area contributed by atoms with Gasteiger partial charge in [-0.25, -0.2) is 8.42 Å². The van der Waals surface area contributed by atoms with Crippen LogP contribution in [0.4, 0.5) is 5.69 Å². The molecule has 1 N–H and O–H groups in total. The lowest BCUT2D eigenvalue weighted by atomic mass is 10.1. The summed E-state index contributed by atoms with van der Waals surface area (Å²) < 4.78 is 31.5. The number of nitrogens with zero attached hydrogens (tertiary/aromatic N) is 1. The molecule has 0 aliphatic heterocycles. The predicted molar refractivity (Wildman–Crippen MR) is 121 cm³/mol. The summed E-state index contributed by atoms with van der Waals surface area (Å²) in [6.45, 7) is 3.94. The molecular formula is C23H26N2O4S. The summed E-state index contributed by atoms with van der Waals surface area (Å²) in [5, 5.41) is 4.94. The third kappa shape index (κ3) is 5.30. The van der Waals surface area contributed by atoms with Crippen LogP contribution in [0.1, 0.15) is 11.1 Å². The molecule has 0 saturated heterocycles. The molecule has 0 aliphatic rings. The third-order valence-electron chi connectivity index (χ3n) is 4.79. The molecule has 3 aromatic carbocycles. The summed E-state index contributed by atoms with van der Waals surface area (Å²) in [6.07, 6.45) is 1.11. The predicted octanol–water partition coefficient (Wildman–Crippen LogP) is 3.42. The molecule has 3 rings (SSSR count). The topological polar surface area (TPSA) is 75.7 Å². The molecule has 6 nitrogen and oxygen atoms in total. The zero-order valence-corrected chi connectivity index (χ0v) is 18.2. The van der Waals surface area contributed by atoms with Crippen LogP contribution in [0.25, 0.3) is 10.8 Å². The number of carbonyl (C=O) groups is 1. The number of aryl methyl sites for hydroxylation is 2. The Hall–Kier alpha value is -3.06. The van der Waals surface area contributed by atoms with Gasteiger partial charge in [0, 0.05) is 0 Å². The Kier molecular flexibility index (Phi) is 6.62. The number of amides is 1. The molecule has 0 unspecified atom stereocenters. The molecule has 0 aliphatic carbocycles. The molecule has 0 spiro atoms. The van der Waals surface area contributed by atoms with Gasteiger partial charge in [-0.1, -0.05) is 48.5 Å². The van der Waals surface area contributed by atoms with Crippen LogP contribution >= 0.6 is 0 Å². The summed E-state index contributed by atoms with van der Waals surface area (Å²) in [4.78, 5) is 12.4. The third-order valence-corrected chi connectivity index (χ3v) is 5.90. The molecule has 158 valence electrons. The Labute approximate surface area is 177 Å². The molecule has 0 atom stereocenters. The van der Waals surface area contributed by atoms with Crippen molar-refractivity contribution in [2.45, 2.75) is 13.8 Å². The Bertz CT molecular complexity index is 1140. The van der Waals surface area contributed by atoms with E-state index in [2.05, 4.69) is 5.32 Å². The SMILES string of the molecule is Cc1cccc(C)c1N(CC(=O)NCCOc1ccc2ccccc2c1)S(C)(=O)=O. The number of fused-ring (bicyclic) bond motifs is 1. The summed E-state index contributed by atoms with van der Waals surface area (Å²) in [5.74, 6) is 0.335. The maximum absolute atomic E-state index is 12.4. The lowest BCUT2D eigenvalue weighted by Gasteiger charge is -2.25. The first-order chi connectivity index (χ1) is 14.3. The second-order valence-corrected chi connectivity index (χ2v) is 9.12. The smallest absolute Gasteiger partial charge is 0.240 e. The van der Waals surface area contributed by atoms with Gasteiger partial charge in [-0.3, -0.25) is 9.10 Å². The number of hydrogen-bond donors (Lipinski definition) is 1. The van der Waals surface area contributed by atoms with Gasteiger partial charge in [0.1, 0.15) is 18.9 Å². The normalized spacial score (nSPS) is 11.3. The number of ether oxygens (including phenoxy) is 1. The number of para-hydroxylation sites is 1. The lowest BCUT2D eigenvalue weighted by Crippen LogP contribution is -2.42. The van der Waals surface area contributed by atoms with Gasteiger partial charge in [0.05, 0.1) is 18.5 Å². The number of benzene rings is 3. The fraction of sp³-hybridized carbons (Fsp3) is 0.261. The monoisotopic (exact) mass is 426 g/mol. The van der Waals surface area contributed by atoms with Crippen LogP contribution in [0.2, 0.25) is 0 Å². The second kappa shape index (κ2) is 9.17. The van der Waals surface area contributed by atoms with Crippen LogP contribution in [0, 0.1) is 13.8 Å². The second-order valence-electron chi connectivity index (χ2n) is 7.22. The van der Waals surface area contributed by atoms with E-state index in [1.165, 1.54) is 0 Å². The van der Waals surface area contributed by atoms with Gasteiger partial charge in [0.15, 0.2) is 0 Å². The zero-order chi connectivity index (χ0) is 21.7. The summed E-state index contributed by atoms with van der Waals surface area (Å²) in [6, 6.07) is 19.3. The van der Waals surface area contributed by atoms with Crippen molar-refractivity contribution in [2.24, 2.45) is 0 Å². The van der Waals surface area contributed by atoms with Crippen LogP contribution in [0.3, 0.4) is 0 Å². The number of hydrogen-bond acceptors (Lipinski definition) is 4. The fourth-order valence-electron chi connectivity index (χ4n) is 3.36. The van der Waals surface area contributed by atoms with Gasteiger partial charge in [0.25, 0.3) is 0 Å². The van der Waals surface area contributed by atoms with E-state index in [1.807, 2.05) is 74.5 Å². The minimum absolute atomic E-state index is 0.274. The van der Waals surface area contributed by atoms with E-state index in [0.717, 1.165) is 38.2 Å². The average molecular weight is 427 g/mol. The van der Waals surface area contributed by atoms with Gasteiger partial charge in [0.2, 0.25) is 15.9 Å². The van der Waals surface area contributed by atoms with Crippen molar-refractivity contribution in [3.8, 4) is 5.75 Å². The molecular weight excluding hydrogens is 400 g/mol. The van der Waals surface area contributed by atoms with Gasteiger partial charge >= 0.3 is 0 Å². The van der Waals surface area contributed by atoms with Crippen molar-refractivity contribution in [1.29, 1.82) is 0 Å². The first kappa shape index (κ1) is 21.6. The van der Waals surface area contributed by atoms with Crippen LogP contribution in [0.15, 0.2) is 60.7 Å². The van der Waals surface area contributed by atoms with Crippen LogP contribution in [-0.2, 0) is 14.8 Å². The van der Waals surface area contributed by atoms with Crippen molar-refractivity contribution in [2.75, 3.05) is 30.3 Å². The quantitative estimate of drug-likeness (QED) is 0.560. The zero-order valence-electron chi connectivity index (χ0n) is 17.4. The largest absolute Gasteiger partial charge is 0.492 e. The number of rotatable bonds is 8. The molecule has 3 aromatic rings. The Morgan fingerprint density at radius 1 is 0.967 bits per heavy atom. The number of nitrogens with one attached hydrogen (secondary N) is 1. The lowest BCUT2D eigenvalue weighted by molar-refractivity contribution is -0.119. The molecule has 30 heavy (non-hydrogen) atoms. The average Bonchev–Trinajstić information content (AvgIpc) is 2.69. The van der Waals surface area contributed by atoms with Gasteiger partial charge in [-0.15, -0.1) is 0 Å². The standard InChI is InChI=1S/C23H26N2O4S/c1-17-7-6-8-18(2)23(17)25(30(3,27)28)16-22(26)24-13-14-29-21-12-11-19-9-4-5-10-20(19)15-21/h4-12,15H,13-14,16H2,1-3H3,(H,24,26). The molecule has 1 amide bonds. The molecule has 0 fully saturated rings. The molecule has 0 heterocycles. The van der Waals surface area contributed by atoms with E-state index in [0.29, 0.717) is 5.69 Å². The van der Waals surface area contributed by atoms with E-state index in [-0.39, 0.29) is 25.6 Å². The highest BCUT2D eigenvalue weighted by atomic mass is 32.2. The highest BCUT2D eigenvalue weighted by Gasteiger charge is 2.23. The maximum atomic E-state index is 12.4. The van der Waals surface area contributed by atoms with E-state index < -0.39 is 10.0 Å². The van der Waals surface area contributed by atoms with Gasteiger partial charge < -0.3 is 10.1 Å². The van der Waals surface area contributed by atoms with Crippen molar-refractivity contribution < 1.29 is 17.9 Å². The Morgan fingerprint density at radius 2 is 1.63 bits per heavy atom. The van der Waals surface area contributed by atoms with Crippen molar-refractivity contribution in [3.05, 3.63) is 71.8 Å². The minimum Gasteiger partial charge on any atom is -0.492 e. The van der Waals surface area contributed by atoms with Gasteiger partial charge in [-0.05, 0) is 47.9 Å². The summed E-state index contributed by atoms with van der Waals surface area (Å²) in [5.41, 5.74) is 2.14. The van der Waals surface area contributed by atoms with E-state index in [9.17, 15) is 13.2 Å². The minimum atomic E-state index is -3.61. The first-order valence-electron chi connectivity index (χ1n) is 9.68. The van der Waals surface area contributed by atoms with Crippen LogP contribution in [-0.4, -0.2) is 40.3 Å². The number of sulfonamides is 1. The van der Waals surface area contributed by atoms with E-state index >= 15 is 0 Å². The van der Waals surface area contributed by atoms with Crippen LogP contribution < -0.4 is 14.4 Å². The molecule has 0 bridgehead atoms. The molecule has 0 aromatic heterocycles. The van der Waals surface area contributed by atoms with Crippen molar-refractivity contribution in [3.63, 3.8) is 0 Å². The Balaban J connectivity index is 1.58. The maximum Gasteiger partial charge on any atom is 0.240 e. The fourth-order valence-corrected chi connectivity index (χ4v) is 4.34. The van der Waals surface area contributed by atoms with E-state index in [4.69, 9.17) is 4.74 Å². The van der Waals surface area contributed by atoms with Gasteiger partial charge in [-0.2, -0.15) is 0 Å². The van der Waals surface area contributed by atoms with Crippen molar-refractivity contribution in [1.82, 2.24) is 5.32 Å². The first-order valence-corrected chi connectivity index (χ1v) is 11.5. The number of anilines is 1. The number of carbonyl (C=O) groups excluding carboxylic acids is 1. The molecule has 7 heteroatoms. The summed E-state index contributed by atoms with van der Waals surface area (Å²) >= 11 is 0. The molecule has 0 radical (unpaired) electrons. The van der Waals surface area contributed by atoms with Crippen molar-refractivity contribution >= 4 is 32.4 Å². The highest BCUT2D eigenvalue weighted by molar-refractivity contribution is 7.92.